The molecule has 2 N–H and O–H groups in total. The molecule has 3 heterocycles. The van der Waals surface area contributed by atoms with Crippen LogP contribution in [0.1, 0.15) is 17.3 Å². The number of carboxylic acids is 1. The van der Waals surface area contributed by atoms with Crippen LogP contribution in [0, 0.1) is 11.8 Å². The Balaban J connectivity index is 1.80. The third-order valence-corrected chi connectivity index (χ3v) is 5.15. The number of amides is 2. The van der Waals surface area contributed by atoms with Gasteiger partial charge in [-0.25, -0.2) is 9.69 Å². The number of anilines is 1. The van der Waals surface area contributed by atoms with Gasteiger partial charge in [0.25, 0.3) is 0 Å². The van der Waals surface area contributed by atoms with Crippen LogP contribution in [0.4, 0.5) is 5.69 Å². The van der Waals surface area contributed by atoms with E-state index in [9.17, 15) is 19.5 Å². The van der Waals surface area contributed by atoms with Gasteiger partial charge in [-0.2, -0.15) is 0 Å². The lowest BCUT2D eigenvalue weighted by Crippen LogP contribution is -2.43. The fourth-order valence-corrected chi connectivity index (χ4v) is 4.07. The monoisotopic (exact) mass is 329 g/mol. The molecule has 4 rings (SSSR count). The summed E-state index contributed by atoms with van der Waals surface area (Å²) in [5.74, 6) is -3.58. The number of benzene rings is 1. The average molecular weight is 329 g/mol. The fraction of sp³-hybridized carbons (Fsp3) is 0.353. The number of aromatic carboxylic acids is 1. The minimum Gasteiger partial charge on any atom is -0.478 e. The van der Waals surface area contributed by atoms with Gasteiger partial charge in [0.05, 0.1) is 35.3 Å². The molecule has 0 aromatic heterocycles. The summed E-state index contributed by atoms with van der Waals surface area (Å²) in [7, 11) is 0. The van der Waals surface area contributed by atoms with Crippen molar-refractivity contribution in [1.82, 2.24) is 0 Å². The summed E-state index contributed by atoms with van der Waals surface area (Å²) >= 11 is 0. The van der Waals surface area contributed by atoms with E-state index in [0.717, 1.165) is 4.90 Å². The number of fused-ring (bicyclic) bond motifs is 5. The minimum absolute atomic E-state index is 0.00871. The van der Waals surface area contributed by atoms with Crippen molar-refractivity contribution in [3.05, 3.63) is 42.0 Å². The number of hydrogen-bond donors (Lipinski definition) is 2. The maximum absolute atomic E-state index is 12.9. The lowest BCUT2D eigenvalue weighted by Gasteiger charge is -2.27. The Morgan fingerprint density at radius 1 is 1.25 bits per heavy atom. The molecule has 0 radical (unpaired) electrons. The van der Waals surface area contributed by atoms with Crippen LogP contribution in [0.3, 0.4) is 0 Å². The van der Waals surface area contributed by atoms with Crippen LogP contribution in [0.5, 0.6) is 0 Å². The maximum atomic E-state index is 12.9. The highest BCUT2D eigenvalue weighted by Gasteiger charge is 2.72. The first-order valence-electron chi connectivity index (χ1n) is 7.55. The van der Waals surface area contributed by atoms with Gasteiger partial charge in [-0.05, 0) is 25.1 Å². The molecule has 4 atom stereocenters. The molecule has 3 aliphatic heterocycles. The Labute approximate surface area is 137 Å². The van der Waals surface area contributed by atoms with Gasteiger partial charge in [0.15, 0.2) is 0 Å². The molecule has 1 aromatic rings. The second-order valence-corrected chi connectivity index (χ2v) is 6.56. The molecule has 1 aromatic carbocycles. The average Bonchev–Trinajstić information content (AvgIpc) is 3.13. The van der Waals surface area contributed by atoms with Crippen LogP contribution in [0.2, 0.25) is 0 Å². The standard InChI is InChI=1S/C17H15NO6/c1-16-5-6-17(8-19,24-16)12-11(16)13(20)18(14(12)21)10-4-2-3-9(7-10)15(22)23/h2-7,11-12,19H,8H2,1H3,(H,22,23)/t11-,12-,16-,17-/m1/s1. The fourth-order valence-electron chi connectivity index (χ4n) is 4.07. The van der Waals surface area contributed by atoms with Gasteiger partial charge in [0.1, 0.15) is 5.60 Å². The van der Waals surface area contributed by atoms with Crippen molar-refractivity contribution in [3.63, 3.8) is 0 Å². The Morgan fingerprint density at radius 2 is 1.96 bits per heavy atom. The summed E-state index contributed by atoms with van der Waals surface area (Å²) in [6, 6.07) is 5.69. The normalized spacial score (nSPS) is 36.5. The summed E-state index contributed by atoms with van der Waals surface area (Å²) in [4.78, 5) is 38.0. The van der Waals surface area contributed by atoms with Gasteiger partial charge in [-0.15, -0.1) is 0 Å². The smallest absolute Gasteiger partial charge is 0.335 e. The minimum atomic E-state index is -1.19. The summed E-state index contributed by atoms with van der Waals surface area (Å²) in [5.41, 5.74) is -1.93. The number of carboxylic acid groups (broad SMARTS) is 1. The van der Waals surface area contributed by atoms with Crippen LogP contribution in [-0.4, -0.2) is 45.8 Å². The van der Waals surface area contributed by atoms with E-state index < -0.39 is 47.4 Å². The Hall–Kier alpha value is -2.51. The molecular weight excluding hydrogens is 314 g/mol. The summed E-state index contributed by atoms with van der Waals surface area (Å²) in [5, 5.41) is 18.9. The second-order valence-electron chi connectivity index (χ2n) is 6.56. The van der Waals surface area contributed by atoms with Crippen LogP contribution in [-0.2, 0) is 14.3 Å². The molecule has 24 heavy (non-hydrogen) atoms. The van der Waals surface area contributed by atoms with E-state index in [4.69, 9.17) is 9.84 Å². The predicted molar refractivity (Wildman–Crippen MR) is 81.3 cm³/mol. The number of nitrogens with zero attached hydrogens (tertiary/aromatic N) is 1. The predicted octanol–water partition coefficient (Wildman–Crippen LogP) is 0.580. The van der Waals surface area contributed by atoms with Crippen molar-refractivity contribution < 1.29 is 29.3 Å². The number of aliphatic hydroxyl groups excluding tert-OH is 1. The molecule has 0 unspecified atom stereocenters. The Morgan fingerprint density at radius 3 is 2.62 bits per heavy atom. The van der Waals surface area contributed by atoms with Crippen LogP contribution < -0.4 is 4.90 Å². The number of ether oxygens (including phenoxy) is 1. The number of aliphatic hydroxyl groups is 1. The molecule has 124 valence electrons. The number of imide groups is 1. The maximum Gasteiger partial charge on any atom is 0.335 e. The highest BCUT2D eigenvalue weighted by Crippen LogP contribution is 2.57. The quantitative estimate of drug-likeness (QED) is 0.621. The zero-order valence-electron chi connectivity index (χ0n) is 12.8. The number of rotatable bonds is 3. The van der Waals surface area contributed by atoms with Gasteiger partial charge in [0.2, 0.25) is 11.8 Å². The Bertz CT molecular complexity index is 817. The SMILES string of the molecule is C[C@]12C=C[C@](CO)(O1)[C@H]1C(=O)N(c3cccc(C(=O)O)c3)C(=O)[C@@H]12. The topological polar surface area (TPSA) is 104 Å². The Kier molecular flexibility index (Phi) is 2.83. The summed E-state index contributed by atoms with van der Waals surface area (Å²) < 4.78 is 5.83. The molecule has 2 amide bonds. The molecule has 7 heteroatoms. The molecule has 0 aliphatic carbocycles. The van der Waals surface area contributed by atoms with Crippen molar-refractivity contribution in [1.29, 1.82) is 0 Å². The third kappa shape index (κ3) is 1.65. The molecular formula is C17H15NO6. The van der Waals surface area contributed by atoms with E-state index in [0.29, 0.717) is 0 Å². The first kappa shape index (κ1) is 15.0. The molecule has 0 saturated carbocycles. The van der Waals surface area contributed by atoms with Crippen LogP contribution in [0.15, 0.2) is 36.4 Å². The third-order valence-electron chi connectivity index (χ3n) is 5.15. The zero-order chi connectivity index (χ0) is 17.3. The van der Waals surface area contributed by atoms with Gasteiger partial charge >= 0.3 is 5.97 Å². The first-order chi connectivity index (χ1) is 11.3. The highest BCUT2D eigenvalue weighted by molar-refractivity contribution is 6.23. The van der Waals surface area contributed by atoms with Gasteiger partial charge in [-0.3, -0.25) is 9.59 Å². The molecule has 2 fully saturated rings. The van der Waals surface area contributed by atoms with E-state index in [2.05, 4.69) is 0 Å². The second kappa shape index (κ2) is 4.52. The van der Waals surface area contributed by atoms with Gasteiger partial charge < -0.3 is 14.9 Å². The van der Waals surface area contributed by atoms with Crippen LogP contribution in [0.25, 0.3) is 0 Å². The molecule has 3 aliphatic rings. The summed E-state index contributed by atoms with van der Waals surface area (Å²) in [6.45, 7) is 1.32. The molecule has 0 spiro atoms. The van der Waals surface area contributed by atoms with Gasteiger partial charge in [0, 0.05) is 0 Å². The van der Waals surface area contributed by atoms with Crippen molar-refractivity contribution >= 4 is 23.5 Å². The van der Waals surface area contributed by atoms with E-state index in [1.54, 1.807) is 19.1 Å². The lowest BCUT2D eigenvalue weighted by atomic mass is 9.73. The molecule has 7 nitrogen and oxygen atoms in total. The molecule has 2 saturated heterocycles. The van der Waals surface area contributed by atoms with Crippen molar-refractivity contribution in [3.8, 4) is 0 Å². The highest BCUT2D eigenvalue weighted by atomic mass is 16.5. The number of hydrogen-bond acceptors (Lipinski definition) is 5. The molecule has 2 bridgehead atoms. The number of carbonyl (C=O) groups excluding carboxylic acids is 2. The summed E-state index contributed by atoms with van der Waals surface area (Å²) in [6.07, 6.45) is 3.36. The van der Waals surface area contributed by atoms with Gasteiger partial charge in [-0.1, -0.05) is 18.2 Å². The lowest BCUT2D eigenvalue weighted by molar-refractivity contribution is -0.131. The first-order valence-corrected chi connectivity index (χ1v) is 7.55. The largest absolute Gasteiger partial charge is 0.478 e. The van der Waals surface area contributed by atoms with Crippen LogP contribution >= 0.6 is 0 Å². The zero-order valence-corrected chi connectivity index (χ0v) is 12.8. The van der Waals surface area contributed by atoms with E-state index in [1.807, 2.05) is 0 Å². The van der Waals surface area contributed by atoms with E-state index >= 15 is 0 Å². The van der Waals surface area contributed by atoms with Crippen molar-refractivity contribution in [2.75, 3.05) is 11.5 Å². The van der Waals surface area contributed by atoms with E-state index in [-0.39, 0.29) is 11.3 Å². The van der Waals surface area contributed by atoms with Crippen molar-refractivity contribution in [2.45, 2.75) is 18.1 Å². The van der Waals surface area contributed by atoms with Crippen molar-refractivity contribution in [2.24, 2.45) is 11.8 Å². The van der Waals surface area contributed by atoms with E-state index in [1.165, 1.54) is 24.3 Å². The number of carbonyl (C=O) groups is 3.